The van der Waals surface area contributed by atoms with Crippen LogP contribution in [0.25, 0.3) is 11.0 Å². The normalized spacial score (nSPS) is 11.1. The van der Waals surface area contributed by atoms with Crippen LogP contribution >= 0.6 is 0 Å². The number of hydrogen-bond donors (Lipinski definition) is 0. The number of furan rings is 1. The van der Waals surface area contributed by atoms with Gasteiger partial charge in [0.15, 0.2) is 0 Å². The SMILES string of the molecule is Cc1c(C(=O)OCc2ccc(C(C)C)cc2)oc2ccccc12. The second kappa shape index (κ2) is 6.29. The lowest BCUT2D eigenvalue weighted by Crippen LogP contribution is -2.05. The zero-order chi connectivity index (χ0) is 16.4. The van der Waals surface area contributed by atoms with Crippen molar-refractivity contribution in [1.82, 2.24) is 0 Å². The molecule has 0 aliphatic carbocycles. The van der Waals surface area contributed by atoms with E-state index >= 15 is 0 Å². The van der Waals surface area contributed by atoms with Crippen LogP contribution in [0.3, 0.4) is 0 Å². The Labute approximate surface area is 135 Å². The van der Waals surface area contributed by atoms with Crippen LogP contribution in [0.5, 0.6) is 0 Å². The Hall–Kier alpha value is -2.55. The quantitative estimate of drug-likeness (QED) is 0.620. The molecule has 0 spiro atoms. The molecule has 0 fully saturated rings. The lowest BCUT2D eigenvalue weighted by Gasteiger charge is -2.07. The second-order valence-electron chi connectivity index (χ2n) is 6.02. The van der Waals surface area contributed by atoms with E-state index in [9.17, 15) is 4.79 Å². The van der Waals surface area contributed by atoms with Crippen molar-refractivity contribution < 1.29 is 13.9 Å². The Morgan fingerprint density at radius 2 is 1.78 bits per heavy atom. The summed E-state index contributed by atoms with van der Waals surface area (Å²) in [6.45, 7) is 6.42. The third kappa shape index (κ3) is 3.14. The summed E-state index contributed by atoms with van der Waals surface area (Å²) in [5, 5.41) is 0.945. The molecule has 0 saturated heterocycles. The van der Waals surface area contributed by atoms with E-state index in [1.165, 1.54) is 5.56 Å². The van der Waals surface area contributed by atoms with Gasteiger partial charge in [-0.1, -0.05) is 56.3 Å². The molecular weight excluding hydrogens is 288 g/mol. The Morgan fingerprint density at radius 3 is 2.43 bits per heavy atom. The van der Waals surface area contributed by atoms with Crippen molar-refractivity contribution in [3.8, 4) is 0 Å². The molecule has 0 aliphatic heterocycles. The fraction of sp³-hybridized carbons (Fsp3) is 0.250. The third-order valence-corrected chi connectivity index (χ3v) is 4.05. The standard InChI is InChI=1S/C20H20O3/c1-13(2)16-10-8-15(9-11-16)12-22-20(21)19-14(3)17-6-4-5-7-18(17)23-19/h4-11,13H,12H2,1-3H3. The average molecular weight is 308 g/mol. The number of hydrogen-bond acceptors (Lipinski definition) is 3. The highest BCUT2D eigenvalue weighted by Gasteiger charge is 2.18. The van der Waals surface area contributed by atoms with Gasteiger partial charge in [-0.3, -0.25) is 0 Å². The minimum atomic E-state index is -0.424. The smallest absolute Gasteiger partial charge is 0.374 e. The summed E-state index contributed by atoms with van der Waals surface area (Å²) in [5.74, 6) is 0.349. The van der Waals surface area contributed by atoms with E-state index in [0.29, 0.717) is 11.5 Å². The summed E-state index contributed by atoms with van der Waals surface area (Å²) in [6.07, 6.45) is 0. The number of carbonyl (C=O) groups excluding carboxylic acids is 1. The van der Waals surface area contributed by atoms with Crippen molar-refractivity contribution in [3.05, 3.63) is 71.0 Å². The summed E-state index contributed by atoms with van der Waals surface area (Å²) in [7, 11) is 0. The minimum absolute atomic E-state index is 0.244. The maximum absolute atomic E-state index is 12.3. The highest BCUT2D eigenvalue weighted by atomic mass is 16.5. The van der Waals surface area contributed by atoms with Gasteiger partial charge in [-0.2, -0.15) is 0 Å². The number of esters is 1. The van der Waals surface area contributed by atoms with Crippen LogP contribution in [0.2, 0.25) is 0 Å². The number of fused-ring (bicyclic) bond motifs is 1. The minimum Gasteiger partial charge on any atom is -0.455 e. The molecule has 1 heterocycles. The van der Waals surface area contributed by atoms with Gasteiger partial charge in [-0.05, 0) is 30.0 Å². The Balaban J connectivity index is 1.72. The molecule has 0 N–H and O–H groups in total. The molecule has 0 bridgehead atoms. The highest BCUT2D eigenvalue weighted by molar-refractivity contribution is 5.95. The lowest BCUT2D eigenvalue weighted by atomic mass is 10.0. The second-order valence-corrected chi connectivity index (χ2v) is 6.02. The van der Waals surface area contributed by atoms with E-state index in [1.54, 1.807) is 0 Å². The van der Waals surface area contributed by atoms with Gasteiger partial charge in [0.1, 0.15) is 12.2 Å². The van der Waals surface area contributed by atoms with Gasteiger partial charge in [-0.25, -0.2) is 4.79 Å². The van der Waals surface area contributed by atoms with Crippen molar-refractivity contribution in [1.29, 1.82) is 0 Å². The van der Waals surface area contributed by atoms with Crippen molar-refractivity contribution in [2.45, 2.75) is 33.3 Å². The highest BCUT2D eigenvalue weighted by Crippen LogP contribution is 2.25. The van der Waals surface area contributed by atoms with Crippen LogP contribution in [0.15, 0.2) is 52.9 Å². The van der Waals surface area contributed by atoms with Crippen LogP contribution in [0.4, 0.5) is 0 Å². The number of para-hydroxylation sites is 1. The van der Waals surface area contributed by atoms with Crippen molar-refractivity contribution in [3.63, 3.8) is 0 Å². The van der Waals surface area contributed by atoms with E-state index < -0.39 is 5.97 Å². The Kier molecular flexibility index (Phi) is 4.20. The summed E-state index contributed by atoms with van der Waals surface area (Å²) in [4.78, 5) is 12.3. The first kappa shape index (κ1) is 15.3. The molecule has 23 heavy (non-hydrogen) atoms. The predicted molar refractivity (Wildman–Crippen MR) is 90.6 cm³/mol. The predicted octanol–water partition coefficient (Wildman–Crippen LogP) is 5.22. The molecule has 3 rings (SSSR count). The summed E-state index contributed by atoms with van der Waals surface area (Å²) in [6, 6.07) is 15.7. The fourth-order valence-corrected chi connectivity index (χ4v) is 2.58. The molecule has 0 aliphatic rings. The zero-order valence-corrected chi connectivity index (χ0v) is 13.6. The molecule has 118 valence electrons. The molecule has 0 amide bonds. The molecule has 0 radical (unpaired) electrons. The monoisotopic (exact) mass is 308 g/mol. The number of rotatable bonds is 4. The molecule has 0 saturated carbocycles. The van der Waals surface area contributed by atoms with E-state index in [-0.39, 0.29) is 12.4 Å². The van der Waals surface area contributed by atoms with E-state index in [2.05, 4.69) is 26.0 Å². The maximum Gasteiger partial charge on any atom is 0.374 e. The van der Waals surface area contributed by atoms with Gasteiger partial charge in [0, 0.05) is 10.9 Å². The molecule has 3 heteroatoms. The van der Waals surface area contributed by atoms with Crippen molar-refractivity contribution in [2.75, 3.05) is 0 Å². The van der Waals surface area contributed by atoms with Crippen LogP contribution in [-0.4, -0.2) is 5.97 Å². The van der Waals surface area contributed by atoms with E-state index in [1.807, 2.05) is 43.3 Å². The lowest BCUT2D eigenvalue weighted by molar-refractivity contribution is 0.0437. The van der Waals surface area contributed by atoms with Gasteiger partial charge in [0.2, 0.25) is 5.76 Å². The van der Waals surface area contributed by atoms with E-state index in [4.69, 9.17) is 9.15 Å². The largest absolute Gasteiger partial charge is 0.455 e. The molecular formula is C20H20O3. The average Bonchev–Trinajstić information content (AvgIpc) is 2.90. The first-order valence-electron chi connectivity index (χ1n) is 7.80. The first-order valence-corrected chi connectivity index (χ1v) is 7.80. The Bertz CT molecular complexity index is 826. The van der Waals surface area contributed by atoms with Crippen LogP contribution < -0.4 is 0 Å². The van der Waals surface area contributed by atoms with E-state index in [0.717, 1.165) is 16.5 Å². The molecule has 3 aromatic rings. The van der Waals surface area contributed by atoms with Crippen LogP contribution in [0.1, 0.15) is 47.0 Å². The van der Waals surface area contributed by atoms with Gasteiger partial charge in [-0.15, -0.1) is 0 Å². The third-order valence-electron chi connectivity index (χ3n) is 4.05. The number of carbonyl (C=O) groups is 1. The summed E-state index contributed by atoms with van der Waals surface area (Å²) in [5.41, 5.74) is 3.77. The van der Waals surface area contributed by atoms with Crippen LogP contribution in [-0.2, 0) is 11.3 Å². The topological polar surface area (TPSA) is 39.4 Å². The van der Waals surface area contributed by atoms with Crippen molar-refractivity contribution >= 4 is 16.9 Å². The fourth-order valence-electron chi connectivity index (χ4n) is 2.58. The molecule has 0 atom stereocenters. The molecule has 3 nitrogen and oxygen atoms in total. The summed E-state index contributed by atoms with van der Waals surface area (Å²) >= 11 is 0. The Morgan fingerprint density at radius 1 is 1.09 bits per heavy atom. The summed E-state index contributed by atoms with van der Waals surface area (Å²) < 4.78 is 11.0. The van der Waals surface area contributed by atoms with Gasteiger partial charge in [0.05, 0.1) is 0 Å². The number of ether oxygens (including phenoxy) is 1. The molecule has 1 aromatic heterocycles. The van der Waals surface area contributed by atoms with Gasteiger partial charge < -0.3 is 9.15 Å². The molecule has 0 unspecified atom stereocenters. The number of aryl methyl sites for hydroxylation is 1. The molecule has 2 aromatic carbocycles. The van der Waals surface area contributed by atoms with Gasteiger partial charge in [0.25, 0.3) is 0 Å². The first-order chi connectivity index (χ1) is 11.1. The van der Waals surface area contributed by atoms with Crippen molar-refractivity contribution in [2.24, 2.45) is 0 Å². The van der Waals surface area contributed by atoms with Gasteiger partial charge >= 0.3 is 5.97 Å². The van der Waals surface area contributed by atoms with Crippen LogP contribution in [0, 0.1) is 6.92 Å². The zero-order valence-electron chi connectivity index (χ0n) is 13.6. The number of benzene rings is 2. The maximum atomic E-state index is 12.3.